The number of aromatic nitrogens is 2. The van der Waals surface area contributed by atoms with Gasteiger partial charge in [-0.15, -0.1) is 0 Å². The molecule has 0 aliphatic heterocycles. The van der Waals surface area contributed by atoms with E-state index >= 15 is 0 Å². The zero-order chi connectivity index (χ0) is 12.1. The number of nitrogens with zero attached hydrogens (tertiary/aromatic N) is 2. The monoisotopic (exact) mass is 229 g/mol. The van der Waals surface area contributed by atoms with Crippen molar-refractivity contribution in [2.45, 2.75) is 6.42 Å². The third-order valence-corrected chi connectivity index (χ3v) is 2.67. The molecule has 0 unspecified atom stereocenters. The minimum Gasteiger partial charge on any atom is -0.341 e. The molecule has 0 bridgehead atoms. The molecular weight excluding hydrogens is 214 g/mol. The Morgan fingerprint density at radius 3 is 2.76 bits per heavy atom. The van der Waals surface area contributed by atoms with Crippen LogP contribution in [0.2, 0.25) is 0 Å². The van der Waals surface area contributed by atoms with Gasteiger partial charge in [-0.2, -0.15) is 5.10 Å². The van der Waals surface area contributed by atoms with E-state index in [2.05, 4.69) is 22.3 Å². The Morgan fingerprint density at radius 2 is 2.12 bits per heavy atom. The van der Waals surface area contributed by atoms with E-state index < -0.39 is 0 Å². The Balaban J connectivity index is 1.90. The normalized spacial score (nSPS) is 10.2. The fourth-order valence-electron chi connectivity index (χ4n) is 1.63. The predicted molar refractivity (Wildman–Crippen MR) is 65.7 cm³/mol. The molecule has 2 aromatic rings. The van der Waals surface area contributed by atoms with Crippen molar-refractivity contribution < 1.29 is 4.79 Å². The molecule has 1 amide bonds. The lowest BCUT2D eigenvalue weighted by atomic mass is 10.1. The summed E-state index contributed by atoms with van der Waals surface area (Å²) in [7, 11) is 1.80. The summed E-state index contributed by atoms with van der Waals surface area (Å²) < 4.78 is 0. The second kappa shape index (κ2) is 5.30. The number of likely N-dealkylation sites (N-methyl/N-ethyl adjacent to an activating group) is 1. The summed E-state index contributed by atoms with van der Waals surface area (Å²) in [4.78, 5) is 13.6. The average Bonchev–Trinajstić information content (AvgIpc) is 2.90. The fourth-order valence-corrected chi connectivity index (χ4v) is 1.63. The van der Waals surface area contributed by atoms with Crippen molar-refractivity contribution in [2.24, 2.45) is 0 Å². The van der Waals surface area contributed by atoms with Gasteiger partial charge in [-0.25, -0.2) is 0 Å². The molecule has 1 aromatic carbocycles. The quantitative estimate of drug-likeness (QED) is 0.867. The second-order valence-electron chi connectivity index (χ2n) is 3.95. The van der Waals surface area contributed by atoms with Gasteiger partial charge in [0, 0.05) is 19.8 Å². The third-order valence-electron chi connectivity index (χ3n) is 2.67. The molecule has 17 heavy (non-hydrogen) atoms. The topological polar surface area (TPSA) is 49.0 Å². The maximum absolute atomic E-state index is 11.9. The van der Waals surface area contributed by atoms with Crippen molar-refractivity contribution in [1.82, 2.24) is 15.1 Å². The number of rotatable bonds is 4. The summed E-state index contributed by atoms with van der Waals surface area (Å²) in [6.07, 6.45) is 4.02. The van der Waals surface area contributed by atoms with Gasteiger partial charge in [0.25, 0.3) is 5.91 Å². The maximum atomic E-state index is 11.9. The van der Waals surface area contributed by atoms with Crippen LogP contribution in [0.15, 0.2) is 42.7 Å². The number of nitrogens with one attached hydrogen (secondary N) is 1. The SMILES string of the molecule is CN(CCc1ccccc1)C(=O)c1cn[nH]c1. The van der Waals surface area contributed by atoms with Gasteiger partial charge in [0.2, 0.25) is 0 Å². The molecule has 0 aliphatic rings. The molecule has 0 atom stereocenters. The third kappa shape index (κ3) is 2.93. The fraction of sp³-hybridized carbons (Fsp3) is 0.231. The Morgan fingerprint density at radius 1 is 1.35 bits per heavy atom. The lowest BCUT2D eigenvalue weighted by molar-refractivity contribution is 0.0796. The smallest absolute Gasteiger partial charge is 0.256 e. The van der Waals surface area contributed by atoms with Gasteiger partial charge >= 0.3 is 0 Å². The average molecular weight is 229 g/mol. The molecule has 2 rings (SSSR count). The number of amides is 1. The molecule has 0 aliphatic carbocycles. The summed E-state index contributed by atoms with van der Waals surface area (Å²) in [5, 5.41) is 6.41. The molecule has 88 valence electrons. The number of hydrogen-bond acceptors (Lipinski definition) is 2. The van der Waals surface area contributed by atoms with Crippen LogP contribution in [0.25, 0.3) is 0 Å². The zero-order valence-electron chi connectivity index (χ0n) is 9.76. The summed E-state index contributed by atoms with van der Waals surface area (Å²) in [5.74, 6) is -0.00492. The molecule has 0 saturated carbocycles. The number of carbonyl (C=O) groups excluding carboxylic acids is 1. The van der Waals surface area contributed by atoms with Crippen molar-refractivity contribution in [2.75, 3.05) is 13.6 Å². The summed E-state index contributed by atoms with van der Waals surface area (Å²) in [6, 6.07) is 10.1. The Bertz CT molecular complexity index is 465. The molecule has 0 radical (unpaired) electrons. The van der Waals surface area contributed by atoms with Crippen molar-refractivity contribution in [1.29, 1.82) is 0 Å². The standard InChI is InChI=1S/C13H15N3O/c1-16(13(17)12-9-14-15-10-12)8-7-11-5-3-2-4-6-11/h2-6,9-10H,7-8H2,1H3,(H,14,15). The highest BCUT2D eigenvalue weighted by Crippen LogP contribution is 2.04. The van der Waals surface area contributed by atoms with Crippen LogP contribution >= 0.6 is 0 Å². The van der Waals surface area contributed by atoms with Crippen LogP contribution in [0.1, 0.15) is 15.9 Å². The van der Waals surface area contributed by atoms with E-state index in [9.17, 15) is 4.79 Å². The molecule has 0 saturated heterocycles. The van der Waals surface area contributed by atoms with Crippen LogP contribution in [0.4, 0.5) is 0 Å². The molecule has 4 nitrogen and oxygen atoms in total. The van der Waals surface area contributed by atoms with E-state index in [-0.39, 0.29) is 5.91 Å². The molecule has 1 aromatic heterocycles. The highest BCUT2D eigenvalue weighted by atomic mass is 16.2. The predicted octanol–water partition coefficient (Wildman–Crippen LogP) is 1.72. The van der Waals surface area contributed by atoms with E-state index in [0.29, 0.717) is 12.1 Å². The van der Waals surface area contributed by atoms with Gasteiger partial charge in [-0.1, -0.05) is 30.3 Å². The molecule has 0 spiro atoms. The molecular formula is C13H15N3O. The summed E-state index contributed by atoms with van der Waals surface area (Å²) >= 11 is 0. The van der Waals surface area contributed by atoms with E-state index in [1.807, 2.05) is 18.2 Å². The number of benzene rings is 1. The van der Waals surface area contributed by atoms with E-state index in [1.165, 1.54) is 5.56 Å². The molecule has 4 heteroatoms. The van der Waals surface area contributed by atoms with Gasteiger partial charge in [-0.05, 0) is 12.0 Å². The molecule has 1 N–H and O–H groups in total. The highest BCUT2D eigenvalue weighted by molar-refractivity contribution is 5.93. The highest BCUT2D eigenvalue weighted by Gasteiger charge is 2.11. The first-order valence-electron chi connectivity index (χ1n) is 5.55. The van der Waals surface area contributed by atoms with Crippen LogP contribution in [0.5, 0.6) is 0 Å². The van der Waals surface area contributed by atoms with Gasteiger partial charge in [-0.3, -0.25) is 9.89 Å². The van der Waals surface area contributed by atoms with Gasteiger partial charge in [0.1, 0.15) is 0 Å². The van der Waals surface area contributed by atoms with Crippen molar-refractivity contribution in [3.8, 4) is 0 Å². The first-order chi connectivity index (χ1) is 8.27. The van der Waals surface area contributed by atoms with E-state index in [0.717, 1.165) is 6.42 Å². The van der Waals surface area contributed by atoms with Crippen molar-refractivity contribution in [3.05, 3.63) is 53.9 Å². The Kier molecular flexibility index (Phi) is 3.55. The number of carbonyl (C=O) groups is 1. The van der Waals surface area contributed by atoms with Crippen molar-refractivity contribution in [3.63, 3.8) is 0 Å². The number of H-pyrrole nitrogens is 1. The first kappa shape index (κ1) is 11.4. The molecule has 0 fully saturated rings. The Hall–Kier alpha value is -2.10. The largest absolute Gasteiger partial charge is 0.341 e. The van der Waals surface area contributed by atoms with E-state index in [4.69, 9.17) is 0 Å². The minimum absolute atomic E-state index is 0.00492. The second-order valence-corrected chi connectivity index (χ2v) is 3.95. The van der Waals surface area contributed by atoms with Gasteiger partial charge in [0.05, 0.1) is 11.8 Å². The van der Waals surface area contributed by atoms with Crippen LogP contribution in [0.3, 0.4) is 0 Å². The first-order valence-corrected chi connectivity index (χ1v) is 5.55. The Labute approximate surface area is 100 Å². The number of hydrogen-bond donors (Lipinski definition) is 1. The van der Waals surface area contributed by atoms with Gasteiger partial charge in [0.15, 0.2) is 0 Å². The van der Waals surface area contributed by atoms with E-state index in [1.54, 1.807) is 24.3 Å². The molecule has 1 heterocycles. The van der Waals surface area contributed by atoms with Crippen LogP contribution < -0.4 is 0 Å². The summed E-state index contributed by atoms with van der Waals surface area (Å²) in [5.41, 5.74) is 1.83. The minimum atomic E-state index is -0.00492. The van der Waals surface area contributed by atoms with Crippen molar-refractivity contribution >= 4 is 5.91 Å². The van der Waals surface area contributed by atoms with Crippen LogP contribution in [-0.4, -0.2) is 34.6 Å². The van der Waals surface area contributed by atoms with Gasteiger partial charge < -0.3 is 4.90 Å². The lowest BCUT2D eigenvalue weighted by Gasteiger charge is -2.15. The van der Waals surface area contributed by atoms with Crippen LogP contribution in [0, 0.1) is 0 Å². The summed E-state index contributed by atoms with van der Waals surface area (Å²) in [6.45, 7) is 0.702. The number of aromatic amines is 1. The maximum Gasteiger partial charge on any atom is 0.256 e. The lowest BCUT2D eigenvalue weighted by Crippen LogP contribution is -2.28. The zero-order valence-corrected chi connectivity index (χ0v) is 9.76. The van der Waals surface area contributed by atoms with Crippen LogP contribution in [-0.2, 0) is 6.42 Å².